The summed E-state index contributed by atoms with van der Waals surface area (Å²) in [6.45, 7) is 1.33. The standard InChI is InChI=1S/C5H9FO3/c1-3(5(6)9)2-4(7)8/h3,5,9H,2H2,1H3,(H,7,8). The molecule has 0 amide bonds. The van der Waals surface area contributed by atoms with E-state index in [4.69, 9.17) is 10.2 Å². The maximum atomic E-state index is 11.7. The molecule has 0 saturated carbocycles. The van der Waals surface area contributed by atoms with Gasteiger partial charge in [-0.25, -0.2) is 4.39 Å². The molecular weight excluding hydrogens is 127 g/mol. The number of carboxylic acids is 1. The molecule has 9 heavy (non-hydrogen) atoms. The van der Waals surface area contributed by atoms with Gasteiger partial charge in [0.2, 0.25) is 0 Å². The van der Waals surface area contributed by atoms with Crippen LogP contribution in [0.1, 0.15) is 13.3 Å². The highest BCUT2D eigenvalue weighted by molar-refractivity contribution is 5.66. The lowest BCUT2D eigenvalue weighted by Gasteiger charge is -2.06. The number of carbonyl (C=O) groups is 1. The Hall–Kier alpha value is -0.640. The topological polar surface area (TPSA) is 57.5 Å². The molecule has 0 heterocycles. The fraction of sp³-hybridized carbons (Fsp3) is 0.800. The second-order valence-corrected chi connectivity index (χ2v) is 1.95. The number of hydrogen-bond acceptors (Lipinski definition) is 2. The first-order valence-corrected chi connectivity index (χ1v) is 2.58. The summed E-state index contributed by atoms with van der Waals surface area (Å²) < 4.78 is 11.7. The van der Waals surface area contributed by atoms with Crippen molar-refractivity contribution in [2.24, 2.45) is 5.92 Å². The summed E-state index contributed by atoms with van der Waals surface area (Å²) in [6, 6.07) is 0. The zero-order valence-electron chi connectivity index (χ0n) is 5.04. The second kappa shape index (κ2) is 3.40. The van der Waals surface area contributed by atoms with E-state index in [1.165, 1.54) is 6.92 Å². The predicted octanol–water partition coefficient (Wildman–Crippen LogP) is 0.385. The van der Waals surface area contributed by atoms with Gasteiger partial charge in [0.1, 0.15) is 0 Å². The van der Waals surface area contributed by atoms with Gasteiger partial charge in [0, 0.05) is 5.92 Å². The van der Waals surface area contributed by atoms with Crippen molar-refractivity contribution in [2.45, 2.75) is 19.7 Å². The minimum absolute atomic E-state index is 0.336. The van der Waals surface area contributed by atoms with Gasteiger partial charge >= 0.3 is 5.97 Å². The highest BCUT2D eigenvalue weighted by Gasteiger charge is 2.15. The van der Waals surface area contributed by atoms with Crippen LogP contribution in [0, 0.1) is 5.92 Å². The van der Waals surface area contributed by atoms with E-state index in [0.717, 1.165) is 0 Å². The first kappa shape index (κ1) is 8.36. The first-order chi connectivity index (χ1) is 4.04. The molecule has 0 saturated heterocycles. The van der Waals surface area contributed by atoms with Crippen molar-refractivity contribution in [3.63, 3.8) is 0 Å². The SMILES string of the molecule is CC(CC(=O)O)C(O)F. The van der Waals surface area contributed by atoms with E-state index in [1.807, 2.05) is 0 Å². The number of rotatable bonds is 3. The third-order valence-corrected chi connectivity index (χ3v) is 0.966. The van der Waals surface area contributed by atoms with Gasteiger partial charge in [-0.15, -0.1) is 0 Å². The van der Waals surface area contributed by atoms with Crippen LogP contribution >= 0.6 is 0 Å². The van der Waals surface area contributed by atoms with Crippen molar-refractivity contribution in [1.82, 2.24) is 0 Å². The number of aliphatic hydroxyl groups excluding tert-OH is 1. The molecule has 0 aliphatic rings. The Kier molecular flexibility index (Phi) is 3.16. The molecule has 2 atom stereocenters. The molecule has 4 heteroatoms. The molecule has 3 nitrogen and oxygen atoms in total. The quantitative estimate of drug-likeness (QED) is 0.589. The minimum Gasteiger partial charge on any atom is -0.481 e. The van der Waals surface area contributed by atoms with Crippen molar-refractivity contribution in [3.8, 4) is 0 Å². The van der Waals surface area contributed by atoms with Gasteiger partial charge in [0.25, 0.3) is 0 Å². The fourth-order valence-electron chi connectivity index (χ4n) is 0.373. The van der Waals surface area contributed by atoms with E-state index < -0.39 is 18.2 Å². The van der Waals surface area contributed by atoms with E-state index in [2.05, 4.69) is 0 Å². The number of halogens is 1. The molecule has 0 fully saturated rings. The minimum atomic E-state index is -2.03. The lowest BCUT2D eigenvalue weighted by Crippen LogP contribution is -2.15. The molecule has 54 valence electrons. The van der Waals surface area contributed by atoms with Crippen LogP contribution < -0.4 is 0 Å². The van der Waals surface area contributed by atoms with E-state index in [1.54, 1.807) is 0 Å². The van der Waals surface area contributed by atoms with Crippen LogP contribution in [-0.4, -0.2) is 22.5 Å². The van der Waals surface area contributed by atoms with Crippen LogP contribution in [-0.2, 0) is 4.79 Å². The smallest absolute Gasteiger partial charge is 0.303 e. The Morgan fingerprint density at radius 2 is 2.22 bits per heavy atom. The summed E-state index contributed by atoms with van der Waals surface area (Å²) in [4.78, 5) is 9.84. The highest BCUT2D eigenvalue weighted by atomic mass is 19.1. The average molecular weight is 136 g/mol. The predicted molar refractivity (Wildman–Crippen MR) is 28.5 cm³/mol. The Bertz CT molecular complexity index is 102. The summed E-state index contributed by atoms with van der Waals surface area (Å²) in [5, 5.41) is 16.2. The lowest BCUT2D eigenvalue weighted by molar-refractivity contribution is -0.140. The van der Waals surface area contributed by atoms with E-state index in [0.29, 0.717) is 0 Å². The van der Waals surface area contributed by atoms with Crippen molar-refractivity contribution >= 4 is 5.97 Å². The molecule has 0 aromatic rings. The zero-order chi connectivity index (χ0) is 7.44. The average Bonchev–Trinajstić information content (AvgIpc) is 1.63. The molecule has 0 aromatic carbocycles. The molecule has 0 spiro atoms. The number of hydrogen-bond donors (Lipinski definition) is 2. The van der Waals surface area contributed by atoms with Crippen LogP contribution in [0.3, 0.4) is 0 Å². The van der Waals surface area contributed by atoms with Crippen LogP contribution in [0.15, 0.2) is 0 Å². The van der Waals surface area contributed by atoms with E-state index in [-0.39, 0.29) is 6.42 Å². The van der Waals surface area contributed by atoms with Gasteiger partial charge in [-0.05, 0) is 0 Å². The summed E-state index contributed by atoms with van der Waals surface area (Å²) in [5.74, 6) is -1.92. The van der Waals surface area contributed by atoms with Crippen molar-refractivity contribution in [3.05, 3.63) is 0 Å². The lowest BCUT2D eigenvalue weighted by atomic mass is 10.1. The summed E-state index contributed by atoms with van der Waals surface area (Å²) in [6.07, 6.45) is -2.36. The van der Waals surface area contributed by atoms with E-state index >= 15 is 0 Å². The van der Waals surface area contributed by atoms with Gasteiger partial charge in [-0.3, -0.25) is 4.79 Å². The highest BCUT2D eigenvalue weighted by Crippen LogP contribution is 2.07. The first-order valence-electron chi connectivity index (χ1n) is 2.58. The molecule has 0 aromatic heterocycles. The maximum Gasteiger partial charge on any atom is 0.303 e. The van der Waals surface area contributed by atoms with Crippen molar-refractivity contribution in [2.75, 3.05) is 0 Å². The van der Waals surface area contributed by atoms with E-state index in [9.17, 15) is 9.18 Å². The summed E-state index contributed by atoms with van der Waals surface area (Å²) >= 11 is 0. The molecule has 0 rings (SSSR count). The Morgan fingerprint density at radius 3 is 2.33 bits per heavy atom. The van der Waals surface area contributed by atoms with Crippen molar-refractivity contribution in [1.29, 1.82) is 0 Å². The number of aliphatic carboxylic acids is 1. The number of alkyl halides is 1. The Labute approximate surface area is 52.1 Å². The van der Waals surface area contributed by atoms with Crippen LogP contribution in [0.5, 0.6) is 0 Å². The molecule has 2 unspecified atom stereocenters. The fourth-order valence-corrected chi connectivity index (χ4v) is 0.373. The normalized spacial score (nSPS) is 16.8. The number of aliphatic hydroxyl groups is 1. The molecule has 0 bridgehead atoms. The summed E-state index contributed by atoms with van der Waals surface area (Å²) in [7, 11) is 0. The molecular formula is C5H9FO3. The zero-order valence-corrected chi connectivity index (χ0v) is 5.04. The third-order valence-electron chi connectivity index (χ3n) is 0.966. The molecule has 2 N–H and O–H groups in total. The van der Waals surface area contributed by atoms with Gasteiger partial charge in [0.05, 0.1) is 6.42 Å². The summed E-state index contributed by atoms with van der Waals surface area (Å²) in [5.41, 5.74) is 0. The van der Waals surface area contributed by atoms with Gasteiger partial charge in [-0.2, -0.15) is 0 Å². The van der Waals surface area contributed by atoms with Crippen molar-refractivity contribution < 1.29 is 19.4 Å². The van der Waals surface area contributed by atoms with Crippen LogP contribution in [0.4, 0.5) is 4.39 Å². The third kappa shape index (κ3) is 3.90. The largest absolute Gasteiger partial charge is 0.481 e. The van der Waals surface area contributed by atoms with Gasteiger partial charge in [0.15, 0.2) is 6.36 Å². The molecule has 0 radical (unpaired) electrons. The second-order valence-electron chi connectivity index (χ2n) is 1.95. The molecule has 0 aliphatic carbocycles. The number of carboxylic acid groups (broad SMARTS) is 1. The Balaban J connectivity index is 3.50. The molecule has 0 aliphatic heterocycles. The monoisotopic (exact) mass is 136 g/mol. The maximum absolute atomic E-state index is 11.7. The van der Waals surface area contributed by atoms with Gasteiger partial charge < -0.3 is 10.2 Å². The van der Waals surface area contributed by atoms with Crippen LogP contribution in [0.2, 0.25) is 0 Å². The Morgan fingerprint density at radius 1 is 1.78 bits per heavy atom. The van der Waals surface area contributed by atoms with Gasteiger partial charge in [-0.1, -0.05) is 6.92 Å². The van der Waals surface area contributed by atoms with Crippen LogP contribution in [0.25, 0.3) is 0 Å².